The van der Waals surface area contributed by atoms with Gasteiger partial charge >= 0.3 is 0 Å². The monoisotopic (exact) mass is 327 g/mol. The third-order valence-corrected chi connectivity index (χ3v) is 3.62. The molecule has 0 amide bonds. The molecule has 1 saturated heterocycles. The summed E-state index contributed by atoms with van der Waals surface area (Å²) in [4.78, 5) is 13.0. The first kappa shape index (κ1) is 21.1. The zero-order valence-electron chi connectivity index (χ0n) is 14.6. The molecule has 0 bridgehead atoms. The summed E-state index contributed by atoms with van der Waals surface area (Å²) < 4.78 is 5.21. The lowest BCUT2D eigenvalue weighted by molar-refractivity contribution is -0.116. The minimum atomic E-state index is 0.173. The third kappa shape index (κ3) is 9.93. The normalized spacial score (nSPS) is 15.2. The molecule has 0 radical (unpaired) electrons. The number of ketones is 1. The summed E-state index contributed by atoms with van der Waals surface area (Å²) in [6.07, 6.45) is 3.43. The topological polar surface area (TPSA) is 29.5 Å². The summed E-state index contributed by atoms with van der Waals surface area (Å²) in [7, 11) is 3.96. The highest BCUT2D eigenvalue weighted by Crippen LogP contribution is 2.10. The number of carbonyl (C=O) groups excluding carboxylic acids is 1. The molecule has 1 heterocycles. The van der Waals surface area contributed by atoms with E-state index in [-0.39, 0.29) is 5.78 Å². The molecule has 0 spiro atoms. The van der Waals surface area contributed by atoms with Crippen LogP contribution in [-0.2, 0) is 16.0 Å². The van der Waals surface area contributed by atoms with Crippen LogP contribution in [-0.4, -0.2) is 44.0 Å². The number of hydrogen-bond acceptors (Lipinski definition) is 3. The van der Waals surface area contributed by atoms with Crippen molar-refractivity contribution < 1.29 is 9.53 Å². The number of benzene rings is 1. The van der Waals surface area contributed by atoms with Crippen LogP contribution < -0.4 is 0 Å². The average molecular weight is 328 g/mol. The highest BCUT2D eigenvalue weighted by atomic mass is 35.5. The summed E-state index contributed by atoms with van der Waals surface area (Å²) in [5, 5.41) is 0.706. The van der Waals surface area contributed by atoms with Crippen LogP contribution in [0.1, 0.15) is 39.2 Å². The van der Waals surface area contributed by atoms with Crippen molar-refractivity contribution in [2.45, 2.75) is 46.1 Å². The van der Waals surface area contributed by atoms with E-state index in [2.05, 4.69) is 11.9 Å². The molecule has 0 unspecified atom stereocenters. The Kier molecular flexibility index (Phi) is 12.1. The Morgan fingerprint density at radius 1 is 1.23 bits per heavy atom. The molecule has 1 aliphatic heterocycles. The van der Waals surface area contributed by atoms with E-state index in [0.29, 0.717) is 17.5 Å². The zero-order valence-corrected chi connectivity index (χ0v) is 15.3. The van der Waals surface area contributed by atoms with Gasteiger partial charge < -0.3 is 9.64 Å². The molecule has 1 aromatic carbocycles. The summed E-state index contributed by atoms with van der Waals surface area (Å²) in [5.41, 5.74) is 1.02. The molecule has 2 rings (SSSR count). The van der Waals surface area contributed by atoms with Crippen molar-refractivity contribution in [3.8, 4) is 0 Å². The van der Waals surface area contributed by atoms with E-state index in [4.69, 9.17) is 16.3 Å². The summed E-state index contributed by atoms with van der Waals surface area (Å²) in [5.74, 6) is 0.173. The fourth-order valence-electron chi connectivity index (χ4n) is 2.11. The minimum Gasteiger partial charge on any atom is -0.381 e. The van der Waals surface area contributed by atoms with Crippen LogP contribution in [0.4, 0.5) is 0 Å². The van der Waals surface area contributed by atoms with Crippen molar-refractivity contribution >= 4 is 17.4 Å². The van der Waals surface area contributed by atoms with Crippen molar-refractivity contribution in [3.05, 3.63) is 34.9 Å². The lowest BCUT2D eigenvalue weighted by atomic mass is 10.1. The molecule has 4 heteroatoms. The van der Waals surface area contributed by atoms with Gasteiger partial charge in [0, 0.05) is 31.6 Å². The van der Waals surface area contributed by atoms with Gasteiger partial charge in [0.1, 0.15) is 5.78 Å². The Labute approximate surface area is 140 Å². The first-order chi connectivity index (χ1) is 10.5. The third-order valence-electron chi connectivity index (χ3n) is 3.37. The van der Waals surface area contributed by atoms with Crippen molar-refractivity contribution in [2.24, 2.45) is 0 Å². The fourth-order valence-corrected chi connectivity index (χ4v) is 2.24. The molecular formula is C18H30ClNO2. The predicted molar refractivity (Wildman–Crippen MR) is 94.7 cm³/mol. The SMILES string of the molecule is CC.CC(=O)Cc1ccc(Cl)cc1.COC1CCN(C)CC1. The molecule has 22 heavy (non-hydrogen) atoms. The molecule has 1 aromatic rings. The van der Waals surface area contributed by atoms with E-state index in [0.717, 1.165) is 5.56 Å². The molecule has 0 aromatic heterocycles. The Bertz CT molecular complexity index is 398. The zero-order chi connectivity index (χ0) is 17.0. The van der Waals surface area contributed by atoms with E-state index in [9.17, 15) is 4.79 Å². The molecular weight excluding hydrogens is 298 g/mol. The largest absolute Gasteiger partial charge is 0.381 e. The van der Waals surface area contributed by atoms with Crippen LogP contribution in [0.2, 0.25) is 5.02 Å². The van der Waals surface area contributed by atoms with E-state index in [1.54, 1.807) is 26.2 Å². The van der Waals surface area contributed by atoms with Gasteiger partial charge in [-0.2, -0.15) is 0 Å². The number of likely N-dealkylation sites (tertiary alicyclic amines) is 1. The van der Waals surface area contributed by atoms with Gasteiger partial charge in [0.15, 0.2) is 0 Å². The van der Waals surface area contributed by atoms with Gasteiger partial charge in [-0.1, -0.05) is 37.6 Å². The Balaban J connectivity index is 0.000000366. The second-order valence-electron chi connectivity index (χ2n) is 5.24. The maximum atomic E-state index is 10.7. The van der Waals surface area contributed by atoms with Gasteiger partial charge in [0.25, 0.3) is 0 Å². The number of hydrogen-bond donors (Lipinski definition) is 0. The van der Waals surface area contributed by atoms with Crippen LogP contribution in [0.5, 0.6) is 0 Å². The number of carbonyl (C=O) groups is 1. The minimum absolute atomic E-state index is 0.173. The quantitative estimate of drug-likeness (QED) is 0.832. The Hall–Kier alpha value is -0.900. The van der Waals surface area contributed by atoms with Gasteiger partial charge in [0.05, 0.1) is 6.10 Å². The number of ether oxygens (including phenoxy) is 1. The molecule has 1 fully saturated rings. The summed E-state index contributed by atoms with van der Waals surface area (Å²) >= 11 is 5.66. The summed E-state index contributed by atoms with van der Waals surface area (Å²) in [6, 6.07) is 7.31. The second-order valence-corrected chi connectivity index (χ2v) is 5.68. The Morgan fingerprint density at radius 2 is 1.73 bits per heavy atom. The standard InChI is InChI=1S/C9H9ClO.C7H15NO.C2H6/c1-7(11)6-8-2-4-9(10)5-3-8;1-8-5-3-7(9-2)4-6-8;1-2/h2-5H,6H2,1H3;7H,3-6H2,1-2H3;1-2H3. The van der Waals surface area contributed by atoms with E-state index in [1.807, 2.05) is 26.0 Å². The van der Waals surface area contributed by atoms with Crippen molar-refractivity contribution in [3.63, 3.8) is 0 Å². The van der Waals surface area contributed by atoms with Gasteiger partial charge in [-0.3, -0.25) is 4.79 Å². The lowest BCUT2D eigenvalue weighted by Gasteiger charge is -2.27. The lowest BCUT2D eigenvalue weighted by Crippen LogP contribution is -2.33. The molecule has 0 aliphatic carbocycles. The first-order valence-electron chi connectivity index (χ1n) is 7.96. The number of nitrogens with zero attached hydrogens (tertiary/aromatic N) is 1. The van der Waals surface area contributed by atoms with Crippen molar-refractivity contribution in [2.75, 3.05) is 27.2 Å². The number of halogens is 1. The highest BCUT2D eigenvalue weighted by molar-refractivity contribution is 6.30. The van der Waals surface area contributed by atoms with Gasteiger partial charge in [-0.15, -0.1) is 0 Å². The predicted octanol–water partition coefficient (Wildman–Crippen LogP) is 4.22. The van der Waals surface area contributed by atoms with E-state index in [1.165, 1.54) is 25.9 Å². The molecule has 0 saturated carbocycles. The maximum absolute atomic E-state index is 10.7. The molecule has 0 N–H and O–H groups in total. The first-order valence-corrected chi connectivity index (χ1v) is 8.34. The van der Waals surface area contributed by atoms with Gasteiger partial charge in [-0.25, -0.2) is 0 Å². The second kappa shape index (κ2) is 12.6. The number of Topliss-reactive ketones (excluding diaryl/α,β-unsaturated/α-hetero) is 1. The highest BCUT2D eigenvalue weighted by Gasteiger charge is 2.14. The number of piperidine rings is 1. The van der Waals surface area contributed by atoms with Crippen molar-refractivity contribution in [1.82, 2.24) is 4.90 Å². The van der Waals surface area contributed by atoms with Gasteiger partial charge in [0.2, 0.25) is 0 Å². The summed E-state index contributed by atoms with van der Waals surface area (Å²) in [6.45, 7) is 7.96. The number of rotatable bonds is 3. The van der Waals surface area contributed by atoms with Crippen LogP contribution in [0.3, 0.4) is 0 Å². The molecule has 1 aliphatic rings. The van der Waals surface area contributed by atoms with Gasteiger partial charge in [-0.05, 0) is 44.5 Å². The van der Waals surface area contributed by atoms with Crippen LogP contribution in [0, 0.1) is 0 Å². The Morgan fingerprint density at radius 3 is 2.14 bits per heavy atom. The van der Waals surface area contributed by atoms with E-state index >= 15 is 0 Å². The molecule has 0 atom stereocenters. The fraction of sp³-hybridized carbons (Fsp3) is 0.611. The van der Waals surface area contributed by atoms with E-state index < -0.39 is 0 Å². The maximum Gasteiger partial charge on any atom is 0.134 e. The van der Waals surface area contributed by atoms with Crippen LogP contribution in [0.25, 0.3) is 0 Å². The molecule has 3 nitrogen and oxygen atoms in total. The average Bonchev–Trinajstić information content (AvgIpc) is 2.53. The van der Waals surface area contributed by atoms with Crippen molar-refractivity contribution in [1.29, 1.82) is 0 Å². The van der Waals surface area contributed by atoms with Crippen LogP contribution >= 0.6 is 11.6 Å². The van der Waals surface area contributed by atoms with Crippen LogP contribution in [0.15, 0.2) is 24.3 Å². The smallest absolute Gasteiger partial charge is 0.134 e. The number of methoxy groups -OCH3 is 1. The molecule has 126 valence electrons.